The molecule has 0 aliphatic heterocycles. The lowest BCUT2D eigenvalue weighted by molar-refractivity contribution is -0.118. The molecule has 0 aliphatic rings. The fourth-order valence-corrected chi connectivity index (χ4v) is 1.11. The van der Waals surface area contributed by atoms with Gasteiger partial charge in [0.1, 0.15) is 11.6 Å². The Morgan fingerprint density at radius 1 is 1.35 bits per heavy atom. The zero-order chi connectivity index (χ0) is 12.3. The number of rotatable bonds is 3. The number of nitrogens with two attached hydrogens (primary N) is 1. The van der Waals surface area contributed by atoms with Crippen molar-refractivity contribution in [3.8, 4) is 0 Å². The summed E-state index contributed by atoms with van der Waals surface area (Å²) in [5.41, 5.74) is 5.51. The van der Waals surface area contributed by atoms with Gasteiger partial charge in [0.15, 0.2) is 0 Å². The molecule has 96 valence electrons. The molecule has 1 unspecified atom stereocenters. The highest BCUT2D eigenvalue weighted by Gasteiger charge is 2.18. The van der Waals surface area contributed by atoms with Crippen LogP contribution in [0.3, 0.4) is 0 Å². The van der Waals surface area contributed by atoms with Gasteiger partial charge in [0.05, 0.1) is 11.7 Å². The van der Waals surface area contributed by atoms with E-state index in [2.05, 4.69) is 5.32 Å². The molecule has 3 N–H and O–H groups in total. The van der Waals surface area contributed by atoms with E-state index in [4.69, 9.17) is 5.73 Å². The Morgan fingerprint density at radius 3 is 2.41 bits per heavy atom. The van der Waals surface area contributed by atoms with Gasteiger partial charge in [0.2, 0.25) is 5.91 Å². The molecule has 0 saturated heterocycles. The molecule has 6 heteroatoms. The van der Waals surface area contributed by atoms with Gasteiger partial charge in [0, 0.05) is 6.07 Å². The van der Waals surface area contributed by atoms with Crippen molar-refractivity contribution in [2.75, 3.05) is 5.32 Å². The summed E-state index contributed by atoms with van der Waals surface area (Å²) in [6.45, 7) is 3.57. The van der Waals surface area contributed by atoms with Crippen LogP contribution in [0.2, 0.25) is 0 Å². The summed E-state index contributed by atoms with van der Waals surface area (Å²) in [4.78, 5) is 11.5. The van der Waals surface area contributed by atoms with Crippen molar-refractivity contribution in [2.24, 2.45) is 11.7 Å². The summed E-state index contributed by atoms with van der Waals surface area (Å²) in [5.74, 6) is -2.04. The summed E-state index contributed by atoms with van der Waals surface area (Å²) in [6.07, 6.45) is 0. The second-order valence-corrected chi connectivity index (χ2v) is 3.88. The number of anilines is 1. The van der Waals surface area contributed by atoms with Gasteiger partial charge >= 0.3 is 0 Å². The maximum absolute atomic E-state index is 13.2. The van der Waals surface area contributed by atoms with E-state index in [1.807, 2.05) is 0 Å². The molecule has 1 atom stereocenters. The SMILES string of the molecule is CC(C)C(N)C(=O)Nc1ccc(F)cc1F.Cl. The Balaban J connectivity index is 0.00000256. The highest BCUT2D eigenvalue weighted by molar-refractivity contribution is 5.94. The summed E-state index contributed by atoms with van der Waals surface area (Å²) in [5, 5.41) is 2.31. The van der Waals surface area contributed by atoms with E-state index in [0.29, 0.717) is 6.07 Å². The fraction of sp³-hybridized carbons (Fsp3) is 0.364. The maximum Gasteiger partial charge on any atom is 0.241 e. The molecule has 0 saturated carbocycles. The molecule has 1 aromatic rings. The average molecular weight is 265 g/mol. The number of benzene rings is 1. The summed E-state index contributed by atoms with van der Waals surface area (Å²) in [7, 11) is 0. The van der Waals surface area contributed by atoms with Gasteiger partial charge in [-0.2, -0.15) is 0 Å². The van der Waals surface area contributed by atoms with Crippen LogP contribution in [-0.4, -0.2) is 11.9 Å². The van der Waals surface area contributed by atoms with E-state index < -0.39 is 23.6 Å². The van der Waals surface area contributed by atoms with Gasteiger partial charge in [-0.15, -0.1) is 12.4 Å². The van der Waals surface area contributed by atoms with Crippen molar-refractivity contribution >= 4 is 24.0 Å². The van der Waals surface area contributed by atoms with Crippen LogP contribution in [0.15, 0.2) is 18.2 Å². The van der Waals surface area contributed by atoms with Crippen molar-refractivity contribution in [3.63, 3.8) is 0 Å². The Hall–Kier alpha value is -1.20. The minimum absolute atomic E-state index is 0. The van der Waals surface area contributed by atoms with Crippen molar-refractivity contribution in [2.45, 2.75) is 19.9 Å². The molecule has 0 spiro atoms. The highest BCUT2D eigenvalue weighted by Crippen LogP contribution is 2.15. The molecule has 0 aromatic heterocycles. The first kappa shape index (κ1) is 15.8. The first-order valence-corrected chi connectivity index (χ1v) is 4.93. The first-order chi connectivity index (χ1) is 7.41. The zero-order valence-electron chi connectivity index (χ0n) is 9.54. The Labute approximate surface area is 105 Å². The molecule has 3 nitrogen and oxygen atoms in total. The molecule has 0 bridgehead atoms. The predicted molar refractivity (Wildman–Crippen MR) is 65.0 cm³/mol. The Morgan fingerprint density at radius 2 is 1.94 bits per heavy atom. The van der Waals surface area contributed by atoms with Gasteiger partial charge in [-0.25, -0.2) is 8.78 Å². The van der Waals surface area contributed by atoms with Gasteiger partial charge in [-0.1, -0.05) is 13.8 Å². The van der Waals surface area contributed by atoms with Crippen LogP contribution < -0.4 is 11.1 Å². The molecule has 1 amide bonds. The Kier molecular flexibility index (Phi) is 6.05. The topological polar surface area (TPSA) is 55.1 Å². The van der Waals surface area contributed by atoms with Crippen LogP contribution in [0, 0.1) is 17.6 Å². The standard InChI is InChI=1S/C11H14F2N2O.ClH/c1-6(2)10(14)11(16)15-9-4-3-7(12)5-8(9)13;/h3-6,10H,14H2,1-2H3,(H,15,16);1H. The van der Waals surface area contributed by atoms with Crippen LogP contribution in [-0.2, 0) is 4.79 Å². The smallest absolute Gasteiger partial charge is 0.241 e. The molecule has 0 aliphatic carbocycles. The summed E-state index contributed by atoms with van der Waals surface area (Å²) < 4.78 is 25.8. The number of halogens is 3. The van der Waals surface area contributed by atoms with E-state index >= 15 is 0 Å². The van der Waals surface area contributed by atoms with Crippen molar-refractivity contribution in [1.29, 1.82) is 0 Å². The highest BCUT2D eigenvalue weighted by atomic mass is 35.5. The maximum atomic E-state index is 13.2. The van der Waals surface area contributed by atoms with E-state index in [9.17, 15) is 13.6 Å². The molecule has 0 radical (unpaired) electrons. The Bertz CT molecular complexity index is 399. The largest absolute Gasteiger partial charge is 0.322 e. The van der Waals surface area contributed by atoms with Gasteiger partial charge in [0.25, 0.3) is 0 Å². The normalized spacial score (nSPS) is 11.9. The molecule has 1 rings (SSSR count). The van der Waals surface area contributed by atoms with E-state index in [1.54, 1.807) is 13.8 Å². The number of carbonyl (C=O) groups is 1. The van der Waals surface area contributed by atoms with E-state index in [1.165, 1.54) is 0 Å². The van der Waals surface area contributed by atoms with Crippen LogP contribution in [0.5, 0.6) is 0 Å². The minimum atomic E-state index is -0.815. The first-order valence-electron chi connectivity index (χ1n) is 4.93. The molecular weight excluding hydrogens is 250 g/mol. The molecular formula is C11H15ClF2N2O. The quantitative estimate of drug-likeness (QED) is 0.880. The summed E-state index contributed by atoms with van der Waals surface area (Å²) >= 11 is 0. The molecule has 0 heterocycles. The third kappa shape index (κ3) is 4.28. The fourth-order valence-electron chi connectivity index (χ4n) is 1.11. The van der Waals surface area contributed by atoms with Crippen LogP contribution in [0.25, 0.3) is 0 Å². The zero-order valence-corrected chi connectivity index (χ0v) is 10.4. The number of nitrogens with one attached hydrogen (secondary N) is 1. The second-order valence-electron chi connectivity index (χ2n) is 3.88. The number of hydrogen-bond donors (Lipinski definition) is 2. The monoisotopic (exact) mass is 264 g/mol. The lowest BCUT2D eigenvalue weighted by atomic mass is 10.0. The van der Waals surface area contributed by atoms with Crippen molar-refractivity contribution in [3.05, 3.63) is 29.8 Å². The van der Waals surface area contributed by atoms with Crippen LogP contribution >= 0.6 is 12.4 Å². The van der Waals surface area contributed by atoms with Crippen LogP contribution in [0.4, 0.5) is 14.5 Å². The third-order valence-corrected chi connectivity index (χ3v) is 2.21. The van der Waals surface area contributed by atoms with E-state index in [0.717, 1.165) is 12.1 Å². The number of hydrogen-bond acceptors (Lipinski definition) is 2. The van der Waals surface area contributed by atoms with Gasteiger partial charge < -0.3 is 11.1 Å². The second kappa shape index (κ2) is 6.51. The predicted octanol–water partition coefficient (Wildman–Crippen LogP) is 2.31. The van der Waals surface area contributed by atoms with Gasteiger partial charge in [-0.3, -0.25) is 4.79 Å². The van der Waals surface area contributed by atoms with Gasteiger partial charge in [-0.05, 0) is 18.1 Å². The van der Waals surface area contributed by atoms with Crippen LogP contribution in [0.1, 0.15) is 13.8 Å². The van der Waals surface area contributed by atoms with Crippen molar-refractivity contribution < 1.29 is 13.6 Å². The van der Waals surface area contributed by atoms with Crippen molar-refractivity contribution in [1.82, 2.24) is 0 Å². The third-order valence-electron chi connectivity index (χ3n) is 2.21. The summed E-state index contributed by atoms with van der Waals surface area (Å²) in [6, 6.07) is 2.22. The molecule has 17 heavy (non-hydrogen) atoms. The lowest BCUT2D eigenvalue weighted by Gasteiger charge is -2.15. The lowest BCUT2D eigenvalue weighted by Crippen LogP contribution is -2.39. The average Bonchev–Trinajstić information content (AvgIpc) is 2.20. The number of amides is 1. The van der Waals surface area contributed by atoms with E-state index in [-0.39, 0.29) is 24.0 Å². The molecule has 1 aromatic carbocycles. The molecule has 0 fully saturated rings. The minimum Gasteiger partial charge on any atom is -0.322 e. The number of carbonyl (C=O) groups excluding carboxylic acids is 1.